The number of carbonyl (C=O) groups is 1. The Hall–Kier alpha value is -2.28. The smallest absolute Gasteiger partial charge is 0.309 e. The number of rotatable bonds is 3. The maximum absolute atomic E-state index is 12.8. The molecule has 4 saturated carbocycles. The molecule has 2 aromatic heterocycles. The first-order valence-electron chi connectivity index (χ1n) is 9.38. The minimum atomic E-state index is -0.0343. The summed E-state index contributed by atoms with van der Waals surface area (Å²) in [5.74, 6) is 2.84. The van der Waals surface area contributed by atoms with E-state index in [1.807, 2.05) is 35.0 Å². The first kappa shape index (κ1) is 15.0. The molecule has 4 heteroatoms. The molecule has 2 aromatic rings. The number of pyridine rings is 1. The summed E-state index contributed by atoms with van der Waals surface area (Å²) in [7, 11) is 0. The fourth-order valence-electron chi connectivity index (χ4n) is 5.97. The van der Waals surface area contributed by atoms with Gasteiger partial charge in [-0.3, -0.25) is 4.79 Å². The third-order valence-corrected chi connectivity index (χ3v) is 6.74. The number of nitriles is 1. The van der Waals surface area contributed by atoms with E-state index in [0.29, 0.717) is 17.4 Å². The highest BCUT2D eigenvalue weighted by atomic mass is 16.5. The van der Waals surface area contributed by atoms with Crippen LogP contribution in [0.1, 0.15) is 43.2 Å². The Morgan fingerprint density at radius 2 is 1.88 bits per heavy atom. The molecule has 128 valence electrons. The van der Waals surface area contributed by atoms with Crippen LogP contribution in [0, 0.1) is 40.9 Å². The Balaban J connectivity index is 1.33. The number of esters is 1. The molecule has 0 atom stereocenters. The van der Waals surface area contributed by atoms with E-state index in [9.17, 15) is 10.1 Å². The van der Waals surface area contributed by atoms with E-state index in [0.717, 1.165) is 22.9 Å². The summed E-state index contributed by atoms with van der Waals surface area (Å²) in [6.07, 6.45) is 10.1. The average molecular weight is 334 g/mol. The molecule has 4 bridgehead atoms. The third kappa shape index (κ3) is 2.37. The summed E-state index contributed by atoms with van der Waals surface area (Å²) in [5, 5.41) is 9.48. The van der Waals surface area contributed by atoms with Gasteiger partial charge in [-0.15, -0.1) is 0 Å². The van der Waals surface area contributed by atoms with E-state index in [4.69, 9.17) is 4.74 Å². The van der Waals surface area contributed by atoms with Crippen LogP contribution in [-0.2, 0) is 16.1 Å². The van der Waals surface area contributed by atoms with Crippen molar-refractivity contribution in [2.75, 3.05) is 0 Å². The number of hydrogen-bond donors (Lipinski definition) is 0. The van der Waals surface area contributed by atoms with Gasteiger partial charge in [0, 0.05) is 18.0 Å². The van der Waals surface area contributed by atoms with Gasteiger partial charge in [0.25, 0.3) is 0 Å². The fraction of sp³-hybridized carbons (Fsp3) is 0.524. The number of carbonyl (C=O) groups excluding carboxylic acids is 1. The number of nitrogens with zero attached hydrogens (tertiary/aromatic N) is 2. The van der Waals surface area contributed by atoms with Crippen molar-refractivity contribution in [2.45, 2.75) is 38.7 Å². The molecule has 6 rings (SSSR count). The van der Waals surface area contributed by atoms with Crippen molar-refractivity contribution in [3.05, 3.63) is 41.7 Å². The zero-order valence-electron chi connectivity index (χ0n) is 14.2. The second-order valence-electron chi connectivity index (χ2n) is 8.20. The quantitative estimate of drug-likeness (QED) is 0.799. The molecule has 25 heavy (non-hydrogen) atoms. The van der Waals surface area contributed by atoms with Crippen LogP contribution in [0.2, 0.25) is 0 Å². The van der Waals surface area contributed by atoms with Crippen LogP contribution in [0.25, 0.3) is 5.52 Å². The van der Waals surface area contributed by atoms with Crippen molar-refractivity contribution in [1.82, 2.24) is 4.40 Å². The van der Waals surface area contributed by atoms with Gasteiger partial charge in [-0.25, -0.2) is 0 Å². The van der Waals surface area contributed by atoms with Crippen LogP contribution in [-0.4, -0.2) is 10.4 Å². The van der Waals surface area contributed by atoms with Gasteiger partial charge >= 0.3 is 5.97 Å². The molecule has 0 unspecified atom stereocenters. The number of fused-ring (bicyclic) bond motifs is 1. The first-order chi connectivity index (χ1) is 12.2. The van der Waals surface area contributed by atoms with Crippen molar-refractivity contribution in [3.63, 3.8) is 0 Å². The largest absolute Gasteiger partial charge is 0.460 e. The maximum atomic E-state index is 12.8. The molecule has 4 aliphatic rings. The third-order valence-electron chi connectivity index (χ3n) is 6.74. The van der Waals surface area contributed by atoms with E-state index in [1.54, 1.807) is 0 Å². The van der Waals surface area contributed by atoms with Crippen molar-refractivity contribution in [2.24, 2.45) is 29.6 Å². The second kappa shape index (κ2) is 5.62. The van der Waals surface area contributed by atoms with Crippen molar-refractivity contribution < 1.29 is 9.53 Å². The summed E-state index contributed by atoms with van der Waals surface area (Å²) in [4.78, 5) is 12.8. The van der Waals surface area contributed by atoms with Crippen LogP contribution in [0.15, 0.2) is 30.6 Å². The molecule has 0 radical (unpaired) electrons. The fourth-order valence-corrected chi connectivity index (χ4v) is 5.97. The van der Waals surface area contributed by atoms with Crippen molar-refractivity contribution in [1.29, 1.82) is 5.26 Å². The maximum Gasteiger partial charge on any atom is 0.309 e. The molecule has 0 N–H and O–H groups in total. The van der Waals surface area contributed by atoms with E-state index in [1.165, 1.54) is 32.1 Å². The lowest BCUT2D eigenvalue weighted by Gasteiger charge is -2.53. The molecule has 0 amide bonds. The van der Waals surface area contributed by atoms with Crippen LogP contribution in [0.4, 0.5) is 0 Å². The van der Waals surface area contributed by atoms with Crippen molar-refractivity contribution >= 4 is 11.5 Å². The summed E-state index contributed by atoms with van der Waals surface area (Å²) in [6, 6.07) is 8.03. The van der Waals surface area contributed by atoms with Gasteiger partial charge in [-0.1, -0.05) is 6.07 Å². The predicted octanol–water partition coefficient (Wildman–Crippen LogP) is 3.93. The lowest BCUT2D eigenvalue weighted by molar-refractivity contribution is -0.163. The Labute approximate surface area is 147 Å². The molecule has 2 heterocycles. The highest BCUT2D eigenvalue weighted by molar-refractivity contribution is 5.74. The topological polar surface area (TPSA) is 54.5 Å². The Bertz CT molecular complexity index is 848. The minimum absolute atomic E-state index is 0.0343. The minimum Gasteiger partial charge on any atom is -0.460 e. The molecule has 4 fully saturated rings. The SMILES string of the molecule is N#Cc1c(COC(=O)C2C3CC4CC(C3)CC2C4)cn2ccccc12. The predicted molar refractivity (Wildman–Crippen MR) is 92.4 cm³/mol. The zero-order chi connectivity index (χ0) is 17.0. The molecule has 0 spiro atoms. The normalized spacial score (nSPS) is 32.7. The zero-order valence-corrected chi connectivity index (χ0v) is 14.2. The standard InChI is InChI=1S/C21H22N2O2/c22-10-18-17(11-23-4-2-1-3-19(18)23)12-25-21(24)20-15-6-13-5-14(8-15)9-16(20)7-13/h1-4,11,13-16,20H,5-9,12H2. The molecular weight excluding hydrogens is 312 g/mol. The van der Waals surface area contributed by atoms with E-state index in [-0.39, 0.29) is 18.5 Å². The monoisotopic (exact) mass is 334 g/mol. The highest BCUT2D eigenvalue weighted by Crippen LogP contribution is 2.56. The van der Waals surface area contributed by atoms with E-state index in [2.05, 4.69) is 6.07 Å². The number of aromatic nitrogens is 1. The number of ether oxygens (including phenoxy) is 1. The van der Waals surface area contributed by atoms with Crippen molar-refractivity contribution in [3.8, 4) is 6.07 Å². The van der Waals surface area contributed by atoms with Gasteiger partial charge in [-0.05, 0) is 67.9 Å². The molecule has 0 aliphatic heterocycles. The summed E-state index contributed by atoms with van der Waals surface area (Å²) < 4.78 is 7.64. The lowest BCUT2D eigenvalue weighted by Crippen LogP contribution is -2.48. The molecule has 4 nitrogen and oxygen atoms in total. The lowest BCUT2D eigenvalue weighted by atomic mass is 9.52. The van der Waals surface area contributed by atoms with Crippen LogP contribution in [0.3, 0.4) is 0 Å². The van der Waals surface area contributed by atoms with Gasteiger partial charge in [0.1, 0.15) is 12.7 Å². The molecule has 0 saturated heterocycles. The summed E-state index contributed by atoms with van der Waals surface area (Å²) in [6.45, 7) is 0.201. The van der Waals surface area contributed by atoms with Crippen LogP contribution < -0.4 is 0 Å². The van der Waals surface area contributed by atoms with Gasteiger partial charge in [0.15, 0.2) is 0 Å². The van der Waals surface area contributed by atoms with E-state index < -0.39 is 0 Å². The Morgan fingerprint density at radius 1 is 1.16 bits per heavy atom. The molecular formula is C21H22N2O2. The first-order valence-corrected chi connectivity index (χ1v) is 9.38. The van der Waals surface area contributed by atoms with Gasteiger partial charge in [-0.2, -0.15) is 5.26 Å². The van der Waals surface area contributed by atoms with Crippen LogP contribution in [0.5, 0.6) is 0 Å². The molecule has 0 aromatic carbocycles. The second-order valence-corrected chi connectivity index (χ2v) is 8.20. The van der Waals surface area contributed by atoms with Gasteiger partial charge in [0.2, 0.25) is 0 Å². The van der Waals surface area contributed by atoms with Crippen LogP contribution >= 0.6 is 0 Å². The summed E-state index contributed by atoms with van der Waals surface area (Å²) >= 11 is 0. The van der Waals surface area contributed by atoms with E-state index >= 15 is 0 Å². The highest BCUT2D eigenvalue weighted by Gasteiger charge is 2.51. The van der Waals surface area contributed by atoms with Gasteiger partial charge in [0.05, 0.1) is 17.0 Å². The summed E-state index contributed by atoms with van der Waals surface area (Å²) in [5.41, 5.74) is 2.27. The Kier molecular flexibility index (Phi) is 3.38. The number of hydrogen-bond acceptors (Lipinski definition) is 3. The Morgan fingerprint density at radius 3 is 2.56 bits per heavy atom. The molecule has 4 aliphatic carbocycles. The average Bonchev–Trinajstić information content (AvgIpc) is 2.96. The van der Waals surface area contributed by atoms with Gasteiger partial charge < -0.3 is 9.14 Å².